The van der Waals surface area contributed by atoms with E-state index in [9.17, 15) is 39.0 Å². The summed E-state index contributed by atoms with van der Waals surface area (Å²) in [5.74, 6) is -2.79. The van der Waals surface area contributed by atoms with Crippen molar-refractivity contribution in [2.24, 2.45) is 32.9 Å². The second kappa shape index (κ2) is 55.6. The molecule has 2 aliphatic heterocycles. The number of nitrogens with zero attached hydrogens (tertiary/aromatic N) is 12. The van der Waals surface area contributed by atoms with Crippen molar-refractivity contribution in [3.8, 4) is 22.5 Å². The first-order chi connectivity index (χ1) is 58.3. The number of fused-ring (bicyclic) bond motifs is 2. The third-order valence-corrected chi connectivity index (χ3v) is 19.4. The van der Waals surface area contributed by atoms with Gasteiger partial charge in [-0.2, -0.15) is 9.98 Å². The number of aromatic nitrogens is 4. The topological polar surface area (TPSA) is 471 Å². The number of ether oxygens (including phenoxy) is 10. The summed E-state index contributed by atoms with van der Waals surface area (Å²) in [5.41, 5.74) is 29.2. The highest BCUT2D eigenvalue weighted by atomic mass is 35.5. The smallest absolute Gasteiger partial charge is 0.317 e. The first kappa shape index (κ1) is 96.2. The Morgan fingerprint density at radius 2 is 0.742 bits per heavy atom. The van der Waals surface area contributed by atoms with E-state index in [-0.39, 0.29) is 127 Å². The van der Waals surface area contributed by atoms with Crippen LogP contribution in [-0.2, 0) is 71.3 Å². The van der Waals surface area contributed by atoms with Gasteiger partial charge in [0.2, 0.25) is 5.91 Å². The molecule has 2 aliphatic rings. The van der Waals surface area contributed by atoms with Crippen molar-refractivity contribution in [2.45, 2.75) is 38.5 Å². The number of carbonyl (C=O) groups is 6. The molecule has 0 spiro atoms. The summed E-state index contributed by atoms with van der Waals surface area (Å²) in [6.45, 7) is 15.8. The van der Waals surface area contributed by atoms with Crippen molar-refractivity contribution in [3.05, 3.63) is 95.0 Å². The molecule has 0 aliphatic carbocycles. The van der Waals surface area contributed by atoms with Crippen LogP contribution in [-0.4, -0.2) is 354 Å². The van der Waals surface area contributed by atoms with Gasteiger partial charge < -0.3 is 106 Å². The molecule has 39 heteroatoms. The predicted octanol–water partition coefficient (Wildman–Crippen LogP) is 3.80. The van der Waals surface area contributed by atoms with Crippen LogP contribution in [0.5, 0.6) is 0 Å². The van der Waals surface area contributed by atoms with Crippen molar-refractivity contribution in [1.29, 1.82) is 0 Å². The Balaban J connectivity index is 0.524. The van der Waals surface area contributed by atoms with E-state index in [1.165, 1.54) is 9.80 Å². The van der Waals surface area contributed by atoms with Crippen LogP contribution in [0.25, 0.3) is 44.3 Å². The Morgan fingerprint density at radius 3 is 1.12 bits per heavy atom. The molecule has 3 amide bonds. The van der Waals surface area contributed by atoms with E-state index in [1.807, 2.05) is 48.5 Å². The molecule has 0 bridgehead atoms. The molecule has 8 rings (SSSR count). The lowest BCUT2D eigenvalue weighted by Crippen LogP contribution is -2.47. The maximum Gasteiger partial charge on any atom is 0.317 e. The fraction of sp³-hybridized carbons (Fsp3) is 0.556. The van der Waals surface area contributed by atoms with Gasteiger partial charge in [-0.25, -0.2) is 24.7 Å². The highest BCUT2D eigenvalue weighted by Crippen LogP contribution is 2.34. The van der Waals surface area contributed by atoms with Crippen molar-refractivity contribution >= 4 is 116 Å². The molecular weight excluding hydrogens is 1600 g/mol. The Labute approximate surface area is 709 Å². The third-order valence-electron chi connectivity index (χ3n) is 18.9. The minimum absolute atomic E-state index is 0.00940. The van der Waals surface area contributed by atoms with Crippen molar-refractivity contribution in [2.75, 3.05) is 266 Å². The predicted molar refractivity (Wildman–Crippen MR) is 457 cm³/mol. The fourth-order valence-corrected chi connectivity index (χ4v) is 13.2. The monoisotopic (exact) mass is 1710 g/mol. The zero-order valence-corrected chi connectivity index (χ0v) is 69.8. The molecule has 120 heavy (non-hydrogen) atoms. The average Bonchev–Trinajstić information content (AvgIpc) is 0.787. The maximum atomic E-state index is 12.9. The fourth-order valence-electron chi connectivity index (χ4n) is 12.9. The summed E-state index contributed by atoms with van der Waals surface area (Å²) >= 11 is 12.6. The molecule has 0 atom stereocenters. The zero-order chi connectivity index (χ0) is 85.3. The molecule has 2 saturated heterocycles. The number of rotatable bonds is 62. The van der Waals surface area contributed by atoms with Gasteiger partial charge in [-0.1, -0.05) is 47.5 Å². The lowest BCUT2D eigenvalue weighted by Gasteiger charge is -2.36. The van der Waals surface area contributed by atoms with Crippen LogP contribution in [0.4, 0.5) is 28.1 Å². The summed E-state index contributed by atoms with van der Waals surface area (Å²) in [6, 6.07) is 27.0. The van der Waals surface area contributed by atoms with Gasteiger partial charge in [-0.05, 0) is 79.9 Å². The van der Waals surface area contributed by atoms with Crippen LogP contribution in [0, 0.1) is 0 Å². The number of aliphatic carboxylic acids is 2. The summed E-state index contributed by atoms with van der Waals surface area (Å²) in [7, 11) is 0. The standard InChI is InChI=1S/C81H117Cl2N19O18/c82-62-11-17-70-68(54-62)75(93-79(91-70)95-77(84)85)60-7-13-64(14-8-60)101-28-24-97(25-29-101)32-40-117-48-52-119-50-44-112-35-2-5-66(103)4-1-34-111-42-45-114-37-19-88-72(105)57-100(59-74(108)109)23-22-99(58-73(106)107)56-67(104)6-3-36-113-43-46-115-38-20-89-81(110)90-21-39-116-47-51-120-53-49-118-41-33-98-26-30-102(31-27-98)65-15-9-61(10-16-65)76-69-55-63(83)12-18-71(69)92-80(94-76)96-78(86)87/h7-18,54-55H,1-6,19-53,56-59H2,(H,88,105)(H,106,107)(H,108,109)(H2,89,90,110)(H4,84,85,91,93,95)(H4,86,87,92,94,96). The summed E-state index contributed by atoms with van der Waals surface area (Å²) < 4.78 is 56.4. The summed E-state index contributed by atoms with van der Waals surface area (Å²) in [6.07, 6.45) is 2.49. The van der Waals surface area contributed by atoms with Gasteiger partial charge in [0.15, 0.2) is 11.9 Å². The second-order valence-electron chi connectivity index (χ2n) is 28.1. The number of halogens is 2. The van der Waals surface area contributed by atoms with Gasteiger partial charge >= 0.3 is 18.0 Å². The second-order valence-corrected chi connectivity index (χ2v) is 29.0. The van der Waals surface area contributed by atoms with E-state index in [1.54, 1.807) is 12.1 Å². The molecule has 0 radical (unpaired) electrons. The number of guanidine groups is 2. The molecule has 13 N–H and O–H groups in total. The number of hydrogen-bond donors (Lipinski definition) is 9. The van der Waals surface area contributed by atoms with E-state index in [0.717, 1.165) is 98.7 Å². The van der Waals surface area contributed by atoms with E-state index < -0.39 is 30.9 Å². The number of amides is 3. The zero-order valence-electron chi connectivity index (χ0n) is 68.3. The Morgan fingerprint density at radius 1 is 0.400 bits per heavy atom. The van der Waals surface area contributed by atoms with Crippen molar-refractivity contribution < 1.29 is 86.3 Å². The van der Waals surface area contributed by atoms with E-state index in [0.29, 0.717) is 164 Å². The first-order valence-corrected chi connectivity index (χ1v) is 41.3. The van der Waals surface area contributed by atoms with Gasteiger partial charge in [0.25, 0.3) is 11.9 Å². The molecule has 0 saturated carbocycles. The van der Waals surface area contributed by atoms with E-state index in [4.69, 9.17) is 93.5 Å². The molecule has 2 aromatic heterocycles. The normalized spacial score (nSPS) is 13.3. The number of anilines is 2. The third kappa shape index (κ3) is 38.2. The van der Waals surface area contributed by atoms with Crippen LogP contribution >= 0.6 is 23.2 Å². The van der Waals surface area contributed by atoms with E-state index in [2.05, 4.69) is 89.7 Å². The Kier molecular flexibility index (Phi) is 44.6. The first-order valence-electron chi connectivity index (χ1n) is 40.6. The number of carboxylic acids is 2. The number of urea groups is 1. The molecule has 4 aromatic carbocycles. The number of nitrogens with two attached hydrogens (primary N) is 4. The molecule has 658 valence electrons. The van der Waals surface area contributed by atoms with Crippen LogP contribution < -0.4 is 48.7 Å². The SMILES string of the molecule is NC(N)=Nc1nc(-c2ccc(N3CCN(CCOCCOCCOCCCC(=O)CCCOCCOCCNC(=O)CN(CCN(CC(=O)O)CC(=O)CCCOCCOCCNC(=O)NCCOCCOCCOCCN4CCN(c5ccc(-c6nc(N=C(N)N)nc7ccc(Cl)cc67)cc5)CC4)CC(=O)O)CC3)cc2)c2cc(Cl)ccc2n1. The van der Waals surface area contributed by atoms with E-state index >= 15 is 0 Å². The lowest BCUT2D eigenvalue weighted by atomic mass is 10.1. The number of benzene rings is 4. The van der Waals surface area contributed by atoms with Gasteiger partial charge in [0, 0.05) is 181 Å². The molecule has 4 heterocycles. The minimum atomic E-state index is -1.18. The number of carbonyl (C=O) groups excluding carboxylic acids is 4. The number of carboxylic acid groups (broad SMARTS) is 2. The molecular formula is C81H117Cl2N19O18. The van der Waals surface area contributed by atoms with Gasteiger partial charge in [0.05, 0.1) is 161 Å². The van der Waals surface area contributed by atoms with Crippen molar-refractivity contribution in [3.63, 3.8) is 0 Å². The van der Waals surface area contributed by atoms with Crippen LogP contribution in [0.2, 0.25) is 10.0 Å². The largest absolute Gasteiger partial charge is 0.480 e. The molecule has 37 nitrogen and oxygen atoms in total. The number of Topliss-reactive ketones (excluding diaryl/α,β-unsaturated/α-hetero) is 2. The van der Waals surface area contributed by atoms with Gasteiger partial charge in [0.1, 0.15) is 11.6 Å². The van der Waals surface area contributed by atoms with Crippen LogP contribution in [0.3, 0.4) is 0 Å². The molecule has 2 fully saturated rings. The number of ketones is 2. The van der Waals surface area contributed by atoms with Gasteiger partial charge in [-0.3, -0.25) is 43.6 Å². The Hall–Kier alpha value is -9.26. The van der Waals surface area contributed by atoms with Crippen molar-refractivity contribution in [1.82, 2.24) is 55.5 Å². The minimum Gasteiger partial charge on any atom is -0.480 e. The van der Waals surface area contributed by atoms with Crippen LogP contribution in [0.15, 0.2) is 94.9 Å². The number of nitrogens with one attached hydrogen (secondary N) is 3. The van der Waals surface area contributed by atoms with Crippen LogP contribution in [0.1, 0.15) is 38.5 Å². The maximum absolute atomic E-state index is 12.9. The quantitative estimate of drug-likeness (QED) is 0.0149. The number of aliphatic imine (C=N–C) groups is 2. The summed E-state index contributed by atoms with van der Waals surface area (Å²) in [5, 5.41) is 30.0. The Bertz CT molecular complexity index is 3880. The number of hydrogen-bond acceptors (Lipinski definition) is 28. The number of piperazine rings is 2. The lowest BCUT2D eigenvalue weighted by molar-refractivity contribution is -0.141. The molecule has 0 unspecified atom stereocenters. The molecule has 6 aromatic rings. The summed E-state index contributed by atoms with van der Waals surface area (Å²) in [4.78, 5) is 112. The highest BCUT2D eigenvalue weighted by Gasteiger charge is 2.23. The average molecular weight is 1720 g/mol. The highest BCUT2D eigenvalue weighted by molar-refractivity contribution is 6.32. The van der Waals surface area contributed by atoms with Gasteiger partial charge in [-0.15, -0.1) is 0 Å².